The van der Waals surface area contributed by atoms with E-state index in [1.54, 1.807) is 6.07 Å². The topological polar surface area (TPSA) is 46.4 Å². The molecule has 0 spiro atoms. The van der Waals surface area contributed by atoms with Gasteiger partial charge in [0.15, 0.2) is 5.65 Å². The van der Waals surface area contributed by atoms with Crippen molar-refractivity contribution in [3.8, 4) is 22.5 Å². The van der Waals surface area contributed by atoms with E-state index in [2.05, 4.69) is 5.32 Å². The zero-order chi connectivity index (χ0) is 22.8. The zero-order valence-electron chi connectivity index (χ0n) is 17.5. The fraction of sp³-hybridized carbons (Fsp3) is 0.0370. The SMILES string of the molecule is O=C(NCc1ccc(Cl)cc1)c1cccn2c(-c3ccccc3)c(-c3ccc(Cl)cc3)nc12. The summed E-state index contributed by atoms with van der Waals surface area (Å²) in [5, 5.41) is 4.31. The van der Waals surface area contributed by atoms with E-state index in [0.29, 0.717) is 27.8 Å². The minimum Gasteiger partial charge on any atom is -0.348 e. The molecule has 0 aliphatic heterocycles. The molecule has 4 nitrogen and oxygen atoms in total. The third kappa shape index (κ3) is 4.36. The van der Waals surface area contributed by atoms with Crippen molar-refractivity contribution < 1.29 is 4.79 Å². The van der Waals surface area contributed by atoms with Gasteiger partial charge in [0.05, 0.1) is 17.0 Å². The Morgan fingerprint density at radius 2 is 1.45 bits per heavy atom. The summed E-state index contributed by atoms with van der Waals surface area (Å²) in [6.45, 7) is 0.396. The summed E-state index contributed by atoms with van der Waals surface area (Å²) < 4.78 is 1.97. The molecule has 6 heteroatoms. The summed E-state index contributed by atoms with van der Waals surface area (Å²) in [6, 6.07) is 28.7. The highest BCUT2D eigenvalue weighted by Crippen LogP contribution is 2.34. The summed E-state index contributed by atoms with van der Waals surface area (Å²) in [4.78, 5) is 18.0. The summed E-state index contributed by atoms with van der Waals surface area (Å²) in [5.41, 5.74) is 5.70. The Labute approximate surface area is 201 Å². The average Bonchev–Trinajstić information content (AvgIpc) is 3.24. The van der Waals surface area contributed by atoms with Crippen molar-refractivity contribution in [2.24, 2.45) is 0 Å². The Hall–Kier alpha value is -3.60. The predicted molar refractivity (Wildman–Crippen MR) is 134 cm³/mol. The molecule has 5 rings (SSSR count). The Kier molecular flexibility index (Phi) is 5.86. The van der Waals surface area contributed by atoms with Gasteiger partial charge >= 0.3 is 0 Å². The first-order valence-corrected chi connectivity index (χ1v) is 11.2. The second-order valence-electron chi connectivity index (χ2n) is 7.61. The Bertz CT molecular complexity index is 1430. The number of benzene rings is 3. The van der Waals surface area contributed by atoms with Gasteiger partial charge < -0.3 is 5.32 Å². The first-order valence-electron chi connectivity index (χ1n) is 10.5. The quantitative estimate of drug-likeness (QED) is 0.302. The molecule has 0 aliphatic carbocycles. The molecule has 0 radical (unpaired) electrons. The van der Waals surface area contributed by atoms with Crippen molar-refractivity contribution in [2.75, 3.05) is 0 Å². The molecule has 0 aliphatic rings. The van der Waals surface area contributed by atoms with Crippen LogP contribution in [0.15, 0.2) is 97.2 Å². The van der Waals surface area contributed by atoms with E-state index >= 15 is 0 Å². The average molecular weight is 472 g/mol. The maximum atomic E-state index is 13.1. The van der Waals surface area contributed by atoms with Crippen LogP contribution in [0.3, 0.4) is 0 Å². The lowest BCUT2D eigenvalue weighted by atomic mass is 10.1. The fourth-order valence-corrected chi connectivity index (χ4v) is 4.06. The van der Waals surface area contributed by atoms with Crippen LogP contribution in [-0.4, -0.2) is 15.3 Å². The van der Waals surface area contributed by atoms with Gasteiger partial charge in [-0.1, -0.05) is 77.8 Å². The first-order chi connectivity index (χ1) is 16.1. The van der Waals surface area contributed by atoms with Crippen LogP contribution in [0.5, 0.6) is 0 Å². The highest BCUT2D eigenvalue weighted by Gasteiger charge is 2.20. The van der Waals surface area contributed by atoms with Crippen LogP contribution >= 0.6 is 23.2 Å². The molecule has 33 heavy (non-hydrogen) atoms. The molecule has 5 aromatic rings. The standard InChI is InChI=1S/C27H19Cl2N3O/c28-21-12-8-18(9-13-21)17-30-27(33)23-7-4-16-32-25(20-5-2-1-3-6-20)24(31-26(23)32)19-10-14-22(29)15-11-19/h1-16H,17H2,(H,30,33). The number of carbonyl (C=O) groups is 1. The lowest BCUT2D eigenvalue weighted by Gasteiger charge is -2.08. The molecule has 0 fully saturated rings. The van der Waals surface area contributed by atoms with Crippen molar-refractivity contribution in [3.63, 3.8) is 0 Å². The monoisotopic (exact) mass is 471 g/mol. The molecule has 0 saturated carbocycles. The van der Waals surface area contributed by atoms with E-state index < -0.39 is 0 Å². The van der Waals surface area contributed by atoms with Gasteiger partial charge in [0.2, 0.25) is 0 Å². The molecule has 2 heterocycles. The third-order valence-corrected chi connectivity index (χ3v) is 5.93. The number of nitrogens with one attached hydrogen (secondary N) is 1. The number of hydrogen-bond donors (Lipinski definition) is 1. The van der Waals surface area contributed by atoms with Crippen LogP contribution in [-0.2, 0) is 6.54 Å². The molecule has 1 amide bonds. The van der Waals surface area contributed by atoms with Crippen molar-refractivity contribution in [1.29, 1.82) is 0 Å². The van der Waals surface area contributed by atoms with Crippen LogP contribution in [0, 0.1) is 0 Å². The molecule has 1 N–H and O–H groups in total. The molecule has 0 unspecified atom stereocenters. The zero-order valence-corrected chi connectivity index (χ0v) is 19.0. The maximum absolute atomic E-state index is 13.1. The number of carbonyl (C=O) groups excluding carboxylic acids is 1. The van der Waals surface area contributed by atoms with E-state index in [-0.39, 0.29) is 5.91 Å². The third-order valence-electron chi connectivity index (χ3n) is 5.43. The summed E-state index contributed by atoms with van der Waals surface area (Å²) >= 11 is 12.1. The van der Waals surface area contributed by atoms with Crippen molar-refractivity contribution in [2.45, 2.75) is 6.54 Å². The van der Waals surface area contributed by atoms with Gasteiger partial charge in [-0.15, -0.1) is 0 Å². The Morgan fingerprint density at radius 1 is 0.788 bits per heavy atom. The Morgan fingerprint density at radius 3 is 2.15 bits per heavy atom. The van der Waals surface area contributed by atoms with Gasteiger partial charge in [-0.3, -0.25) is 9.20 Å². The first kappa shape index (κ1) is 21.3. The molecule has 2 aromatic heterocycles. The van der Waals surface area contributed by atoms with Gasteiger partial charge in [0.25, 0.3) is 5.91 Å². The minimum atomic E-state index is -0.192. The van der Waals surface area contributed by atoms with E-state index in [1.807, 2.05) is 95.5 Å². The number of fused-ring (bicyclic) bond motifs is 1. The normalized spacial score (nSPS) is 11.0. The van der Waals surface area contributed by atoms with Gasteiger partial charge in [-0.25, -0.2) is 4.98 Å². The van der Waals surface area contributed by atoms with Gasteiger partial charge in [-0.2, -0.15) is 0 Å². The van der Waals surface area contributed by atoms with Crippen LogP contribution in [0.4, 0.5) is 0 Å². The number of rotatable bonds is 5. The molecule has 0 atom stereocenters. The van der Waals surface area contributed by atoms with Crippen molar-refractivity contribution >= 4 is 34.8 Å². The van der Waals surface area contributed by atoms with Gasteiger partial charge in [-0.05, 0) is 42.0 Å². The Balaban J connectivity index is 1.59. The van der Waals surface area contributed by atoms with E-state index in [9.17, 15) is 4.79 Å². The molecular weight excluding hydrogens is 453 g/mol. The number of aromatic nitrogens is 2. The number of pyridine rings is 1. The summed E-state index contributed by atoms with van der Waals surface area (Å²) in [5.74, 6) is -0.192. The second kappa shape index (κ2) is 9.10. The van der Waals surface area contributed by atoms with Gasteiger partial charge in [0, 0.05) is 33.9 Å². The summed E-state index contributed by atoms with van der Waals surface area (Å²) in [7, 11) is 0. The highest BCUT2D eigenvalue weighted by molar-refractivity contribution is 6.30. The molecular formula is C27H19Cl2N3O. The number of amides is 1. The lowest BCUT2D eigenvalue weighted by Crippen LogP contribution is -2.23. The largest absolute Gasteiger partial charge is 0.348 e. The fourth-order valence-electron chi connectivity index (χ4n) is 3.81. The van der Waals surface area contributed by atoms with E-state index in [1.165, 1.54) is 0 Å². The minimum absolute atomic E-state index is 0.192. The smallest absolute Gasteiger partial charge is 0.255 e. The number of imidazole rings is 1. The number of hydrogen-bond acceptors (Lipinski definition) is 2. The van der Waals surface area contributed by atoms with Crippen LogP contribution in [0.1, 0.15) is 15.9 Å². The van der Waals surface area contributed by atoms with Crippen molar-refractivity contribution in [1.82, 2.24) is 14.7 Å². The van der Waals surface area contributed by atoms with Crippen LogP contribution in [0.25, 0.3) is 28.2 Å². The molecule has 0 bridgehead atoms. The van der Waals surface area contributed by atoms with Crippen LogP contribution < -0.4 is 5.32 Å². The van der Waals surface area contributed by atoms with Gasteiger partial charge in [0.1, 0.15) is 0 Å². The maximum Gasteiger partial charge on any atom is 0.255 e. The van der Waals surface area contributed by atoms with Crippen LogP contribution in [0.2, 0.25) is 10.0 Å². The van der Waals surface area contributed by atoms with E-state index in [0.717, 1.165) is 28.1 Å². The number of halogens is 2. The predicted octanol–water partition coefficient (Wildman–Crippen LogP) is 6.91. The van der Waals surface area contributed by atoms with E-state index in [4.69, 9.17) is 28.2 Å². The lowest BCUT2D eigenvalue weighted by molar-refractivity contribution is 0.0952. The summed E-state index contributed by atoms with van der Waals surface area (Å²) in [6.07, 6.45) is 1.93. The highest BCUT2D eigenvalue weighted by atomic mass is 35.5. The second-order valence-corrected chi connectivity index (χ2v) is 8.48. The van der Waals surface area contributed by atoms with Crippen molar-refractivity contribution in [3.05, 3.63) is 118 Å². The molecule has 3 aromatic carbocycles. The molecule has 162 valence electrons. The molecule has 0 saturated heterocycles. The number of nitrogens with zero attached hydrogens (tertiary/aromatic N) is 2.